The van der Waals surface area contributed by atoms with E-state index >= 15 is 0 Å². The van der Waals surface area contributed by atoms with Crippen LogP contribution in [0.1, 0.15) is 79.9 Å². The lowest BCUT2D eigenvalue weighted by atomic mass is 9.89. The van der Waals surface area contributed by atoms with Crippen molar-refractivity contribution < 1.29 is 14.2 Å². The number of methoxy groups -OCH3 is 1. The Morgan fingerprint density at radius 1 is 0.769 bits per heavy atom. The predicted molar refractivity (Wildman–Crippen MR) is 167 cm³/mol. The molecule has 0 atom stereocenters. The van der Waals surface area contributed by atoms with Gasteiger partial charge in [-0.15, -0.1) is 0 Å². The molecule has 1 aromatic carbocycles. The van der Waals surface area contributed by atoms with Crippen LogP contribution in [-0.2, 0) is 20.6 Å². The van der Waals surface area contributed by atoms with Gasteiger partial charge in [-0.05, 0) is 31.9 Å². The van der Waals surface area contributed by atoms with Crippen LogP contribution in [-0.4, -0.2) is 71.2 Å². The molecule has 5 nitrogen and oxygen atoms in total. The first-order chi connectivity index (χ1) is 18.0. The van der Waals surface area contributed by atoms with E-state index < -0.39 is 0 Å². The van der Waals surface area contributed by atoms with Crippen LogP contribution in [0.5, 0.6) is 0 Å². The van der Waals surface area contributed by atoms with Crippen LogP contribution in [0.3, 0.4) is 0 Å². The minimum Gasteiger partial charge on any atom is -0.384 e. The van der Waals surface area contributed by atoms with Crippen molar-refractivity contribution >= 4 is 0 Å². The number of hydrogen-bond acceptors (Lipinski definition) is 5. The molecule has 0 bridgehead atoms. The Labute approximate surface area is 242 Å². The molecule has 0 heterocycles. The number of hydrogen-bond donors (Lipinski definition) is 1. The van der Waals surface area contributed by atoms with Gasteiger partial charge in [-0.3, -0.25) is 0 Å². The van der Waals surface area contributed by atoms with Gasteiger partial charge in [0, 0.05) is 54.1 Å². The van der Waals surface area contributed by atoms with E-state index in [0.29, 0.717) is 26.4 Å². The van der Waals surface area contributed by atoms with Crippen LogP contribution in [0.4, 0.5) is 0 Å². The highest BCUT2D eigenvalue weighted by atomic mass is 16.5. The van der Waals surface area contributed by atoms with Crippen LogP contribution in [0.25, 0.3) is 0 Å². The molecule has 39 heavy (non-hydrogen) atoms. The Hall–Kier alpha value is -1.40. The van der Waals surface area contributed by atoms with Crippen molar-refractivity contribution in [3.8, 4) is 0 Å². The van der Waals surface area contributed by atoms with Gasteiger partial charge in [-0.25, -0.2) is 0 Å². The molecule has 0 fully saturated rings. The average molecular weight is 547 g/mol. The smallest absolute Gasteiger partial charge is 0.0539 e. The Balaban J connectivity index is 2.88. The van der Waals surface area contributed by atoms with Gasteiger partial charge in [0.05, 0.1) is 33.0 Å². The molecule has 0 aliphatic rings. The Morgan fingerprint density at radius 2 is 1.26 bits per heavy atom. The van der Waals surface area contributed by atoms with Crippen LogP contribution in [0.2, 0.25) is 0 Å². The maximum atomic E-state index is 6.30. The van der Waals surface area contributed by atoms with Gasteiger partial charge in [0.15, 0.2) is 0 Å². The van der Waals surface area contributed by atoms with Gasteiger partial charge in [0.1, 0.15) is 0 Å². The van der Waals surface area contributed by atoms with Crippen molar-refractivity contribution in [3.05, 3.63) is 47.7 Å². The van der Waals surface area contributed by atoms with E-state index in [-0.39, 0.29) is 21.7 Å². The molecule has 0 saturated heterocycles. The number of nitrogens with one attached hydrogen (secondary N) is 1. The monoisotopic (exact) mass is 546 g/mol. The van der Waals surface area contributed by atoms with Gasteiger partial charge < -0.3 is 24.4 Å². The molecule has 0 aromatic heterocycles. The van der Waals surface area contributed by atoms with E-state index in [2.05, 4.69) is 110 Å². The lowest BCUT2D eigenvalue weighted by Gasteiger charge is -2.40. The van der Waals surface area contributed by atoms with Crippen LogP contribution >= 0.6 is 0 Å². The summed E-state index contributed by atoms with van der Waals surface area (Å²) < 4.78 is 17.9. The van der Waals surface area contributed by atoms with Gasteiger partial charge in [0.2, 0.25) is 0 Å². The first-order valence-electron chi connectivity index (χ1n) is 14.8. The topological polar surface area (TPSA) is 43.0 Å². The molecule has 0 unspecified atom stereocenters. The number of rotatable bonds is 21. The van der Waals surface area contributed by atoms with Crippen LogP contribution in [0.15, 0.2) is 36.5 Å². The fraction of sp³-hybridized carbons (Fsp3) is 0.765. The van der Waals surface area contributed by atoms with E-state index in [1.54, 1.807) is 7.11 Å². The highest BCUT2D eigenvalue weighted by Crippen LogP contribution is 2.28. The Kier molecular flexibility index (Phi) is 14.7. The molecule has 0 radical (unpaired) electrons. The van der Waals surface area contributed by atoms with E-state index in [1.807, 2.05) is 0 Å². The summed E-state index contributed by atoms with van der Waals surface area (Å²) >= 11 is 0. The maximum absolute atomic E-state index is 6.30. The number of nitrogens with zero attached hydrogens (tertiary/aromatic N) is 1. The molecule has 0 spiro atoms. The van der Waals surface area contributed by atoms with Crippen LogP contribution in [0, 0.1) is 28.6 Å². The summed E-state index contributed by atoms with van der Waals surface area (Å²) in [7, 11) is 1.75. The number of allylic oxidation sites excluding steroid dienone is 1. The second-order valence-corrected chi connectivity index (χ2v) is 14.8. The Morgan fingerprint density at radius 3 is 1.74 bits per heavy atom. The highest BCUT2D eigenvalue weighted by Gasteiger charge is 2.30. The molecule has 0 amide bonds. The standard InChI is InChI=1S/C34H62N2O3/c1-13-35-20-31(4,5)24-38-25-32(6,7)21-36(29(3)16-19-30-17-14-28(2)15-18-30)22-33(8,9)26-39-27-34(10,11)23-37-12/h14-15,17-18,35H,3,13,16,19-27H2,1-2,4-12H3. The summed E-state index contributed by atoms with van der Waals surface area (Å²) in [5.41, 5.74) is 3.91. The molecular weight excluding hydrogens is 484 g/mol. The van der Waals surface area contributed by atoms with Gasteiger partial charge in [-0.2, -0.15) is 0 Å². The minimum absolute atomic E-state index is 0.00189. The van der Waals surface area contributed by atoms with Crippen LogP contribution < -0.4 is 5.32 Å². The molecule has 0 aliphatic carbocycles. The second kappa shape index (κ2) is 16.1. The van der Waals surface area contributed by atoms with Crippen molar-refractivity contribution in [1.82, 2.24) is 10.2 Å². The third-order valence-corrected chi connectivity index (χ3v) is 6.87. The molecule has 0 aliphatic heterocycles. The minimum atomic E-state index is -0.0271. The Bertz CT molecular complexity index is 827. The summed E-state index contributed by atoms with van der Waals surface area (Å²) in [5.74, 6) is 0. The summed E-state index contributed by atoms with van der Waals surface area (Å²) in [6, 6.07) is 8.86. The summed E-state index contributed by atoms with van der Waals surface area (Å²) in [4.78, 5) is 2.49. The molecule has 1 N–H and O–H groups in total. The van der Waals surface area contributed by atoms with Crippen molar-refractivity contribution in [2.24, 2.45) is 21.7 Å². The second-order valence-electron chi connectivity index (χ2n) is 14.8. The molecule has 1 aromatic rings. The van der Waals surface area contributed by atoms with Gasteiger partial charge in [-0.1, -0.05) is 98.7 Å². The first-order valence-corrected chi connectivity index (χ1v) is 14.8. The molecule has 5 heteroatoms. The normalized spacial score (nSPS) is 13.1. The third kappa shape index (κ3) is 15.8. The first kappa shape index (κ1) is 35.6. The summed E-state index contributed by atoms with van der Waals surface area (Å²) in [5, 5.41) is 3.45. The fourth-order valence-electron chi connectivity index (χ4n) is 4.76. The number of benzene rings is 1. The van der Waals surface area contributed by atoms with Gasteiger partial charge in [0.25, 0.3) is 0 Å². The highest BCUT2D eigenvalue weighted by molar-refractivity contribution is 5.22. The van der Waals surface area contributed by atoms with Crippen molar-refractivity contribution in [2.45, 2.75) is 82.1 Å². The predicted octanol–water partition coefficient (Wildman–Crippen LogP) is 7.14. The van der Waals surface area contributed by atoms with Crippen molar-refractivity contribution in [1.29, 1.82) is 0 Å². The zero-order valence-electron chi connectivity index (χ0n) is 27.5. The van der Waals surface area contributed by atoms with Gasteiger partial charge >= 0.3 is 0 Å². The SMILES string of the molecule is C=C(CCc1ccc(C)cc1)N(CC(C)(C)COCC(C)(C)CNCC)CC(C)(C)COCC(C)(C)COC. The molecule has 0 saturated carbocycles. The maximum Gasteiger partial charge on any atom is 0.0539 e. The van der Waals surface area contributed by atoms with E-state index in [9.17, 15) is 0 Å². The third-order valence-electron chi connectivity index (χ3n) is 6.87. The largest absolute Gasteiger partial charge is 0.384 e. The fourth-order valence-corrected chi connectivity index (χ4v) is 4.76. The number of aryl methyl sites for hydroxylation is 2. The molecular formula is C34H62N2O3. The summed E-state index contributed by atoms with van der Waals surface area (Å²) in [6.07, 6.45) is 1.93. The van der Waals surface area contributed by atoms with Crippen molar-refractivity contribution in [2.75, 3.05) is 66.3 Å². The lowest BCUT2D eigenvalue weighted by Crippen LogP contribution is -2.43. The van der Waals surface area contributed by atoms with E-state index in [1.165, 1.54) is 16.8 Å². The zero-order valence-corrected chi connectivity index (χ0v) is 27.5. The summed E-state index contributed by atoms with van der Waals surface area (Å²) in [6.45, 7) is 34.2. The van der Waals surface area contributed by atoms with Crippen molar-refractivity contribution in [3.63, 3.8) is 0 Å². The quantitative estimate of drug-likeness (QED) is 0.178. The molecule has 1 rings (SSSR count). The van der Waals surface area contributed by atoms with E-state index in [0.717, 1.165) is 45.6 Å². The number of ether oxygens (including phenoxy) is 3. The lowest BCUT2D eigenvalue weighted by molar-refractivity contribution is -0.0271. The average Bonchev–Trinajstić information content (AvgIpc) is 2.80. The zero-order chi connectivity index (χ0) is 29.7. The molecule has 226 valence electrons. The van der Waals surface area contributed by atoms with E-state index in [4.69, 9.17) is 14.2 Å².